The maximum atomic E-state index is 14.2. The van der Waals surface area contributed by atoms with Crippen molar-refractivity contribution in [2.75, 3.05) is 26.1 Å². The first-order valence-electron chi connectivity index (χ1n) is 12.2. The molecule has 1 aliphatic rings. The third kappa shape index (κ3) is 5.18. The Kier molecular flexibility index (Phi) is 7.38. The minimum absolute atomic E-state index is 0.117. The molecular formula is C30H36N2O2. The van der Waals surface area contributed by atoms with Crippen molar-refractivity contribution in [3.8, 4) is 5.75 Å². The highest BCUT2D eigenvalue weighted by Gasteiger charge is 2.32. The van der Waals surface area contributed by atoms with Crippen LogP contribution in [-0.4, -0.2) is 32.0 Å². The van der Waals surface area contributed by atoms with E-state index < -0.39 is 0 Å². The van der Waals surface area contributed by atoms with Gasteiger partial charge in [0.1, 0.15) is 5.75 Å². The van der Waals surface area contributed by atoms with Crippen LogP contribution in [0.15, 0.2) is 66.7 Å². The van der Waals surface area contributed by atoms with Crippen LogP contribution in [0.5, 0.6) is 5.75 Å². The van der Waals surface area contributed by atoms with Gasteiger partial charge < -0.3 is 9.64 Å². The van der Waals surface area contributed by atoms with Gasteiger partial charge in [0.25, 0.3) is 0 Å². The average molecular weight is 457 g/mol. The third-order valence-corrected chi connectivity index (χ3v) is 6.70. The summed E-state index contributed by atoms with van der Waals surface area (Å²) in [7, 11) is 5.81. The van der Waals surface area contributed by atoms with Crippen LogP contribution < -0.4 is 9.64 Å². The van der Waals surface area contributed by atoms with Crippen molar-refractivity contribution in [1.29, 1.82) is 0 Å². The zero-order valence-electron chi connectivity index (χ0n) is 21.0. The van der Waals surface area contributed by atoms with Gasteiger partial charge in [0.2, 0.25) is 5.91 Å². The van der Waals surface area contributed by atoms with Gasteiger partial charge in [0.05, 0.1) is 13.0 Å². The molecule has 4 heteroatoms. The molecule has 4 rings (SSSR count). The highest BCUT2D eigenvalue weighted by atomic mass is 16.5. The lowest BCUT2D eigenvalue weighted by molar-refractivity contribution is -0.119. The van der Waals surface area contributed by atoms with Gasteiger partial charge in [-0.25, -0.2) is 0 Å². The molecule has 34 heavy (non-hydrogen) atoms. The van der Waals surface area contributed by atoms with Gasteiger partial charge in [-0.3, -0.25) is 9.69 Å². The number of nitrogens with zero attached hydrogens (tertiary/aromatic N) is 2. The summed E-state index contributed by atoms with van der Waals surface area (Å²) in [6.07, 6.45) is 2.86. The molecule has 3 aromatic carbocycles. The predicted molar refractivity (Wildman–Crippen MR) is 140 cm³/mol. The molecule has 1 amide bonds. The maximum Gasteiger partial charge on any atom is 0.239 e. The van der Waals surface area contributed by atoms with Crippen molar-refractivity contribution < 1.29 is 9.53 Å². The van der Waals surface area contributed by atoms with Crippen molar-refractivity contribution in [2.24, 2.45) is 0 Å². The van der Waals surface area contributed by atoms with Crippen LogP contribution in [0.3, 0.4) is 0 Å². The van der Waals surface area contributed by atoms with Gasteiger partial charge in [-0.1, -0.05) is 44.2 Å². The van der Waals surface area contributed by atoms with E-state index in [1.54, 1.807) is 7.11 Å². The number of methoxy groups -OCH3 is 1. The molecular weight excluding hydrogens is 420 g/mol. The second-order valence-electron chi connectivity index (χ2n) is 9.83. The fourth-order valence-electron chi connectivity index (χ4n) is 4.84. The molecule has 1 aliphatic carbocycles. The van der Waals surface area contributed by atoms with E-state index in [9.17, 15) is 4.79 Å². The van der Waals surface area contributed by atoms with Gasteiger partial charge >= 0.3 is 0 Å². The molecule has 0 aliphatic heterocycles. The number of anilines is 2. The van der Waals surface area contributed by atoms with E-state index in [1.807, 2.05) is 11.0 Å². The number of ether oxygens (including phenoxy) is 1. The fraction of sp³-hybridized carbons (Fsp3) is 0.367. The molecule has 4 nitrogen and oxygen atoms in total. The van der Waals surface area contributed by atoms with Gasteiger partial charge in [0, 0.05) is 17.9 Å². The summed E-state index contributed by atoms with van der Waals surface area (Å²) in [5.41, 5.74) is 6.66. The summed E-state index contributed by atoms with van der Waals surface area (Å²) in [5, 5.41) is 0. The highest BCUT2D eigenvalue weighted by molar-refractivity contribution is 6.04. The Morgan fingerprint density at radius 2 is 1.62 bits per heavy atom. The van der Waals surface area contributed by atoms with Gasteiger partial charge in [-0.05, 0) is 97.9 Å². The van der Waals surface area contributed by atoms with Crippen molar-refractivity contribution in [3.63, 3.8) is 0 Å². The van der Waals surface area contributed by atoms with E-state index in [2.05, 4.69) is 93.5 Å². The summed E-state index contributed by atoms with van der Waals surface area (Å²) in [6, 6.07) is 23.0. The van der Waals surface area contributed by atoms with E-state index in [1.165, 1.54) is 16.7 Å². The molecule has 0 radical (unpaired) electrons. The van der Waals surface area contributed by atoms with E-state index in [-0.39, 0.29) is 11.8 Å². The topological polar surface area (TPSA) is 32.8 Å². The Hall–Kier alpha value is -3.11. The summed E-state index contributed by atoms with van der Waals surface area (Å²) >= 11 is 0. The van der Waals surface area contributed by atoms with Crippen LogP contribution in [-0.2, 0) is 17.8 Å². The minimum Gasteiger partial charge on any atom is -0.497 e. The molecule has 0 bridgehead atoms. The number of rotatable bonds is 7. The summed E-state index contributed by atoms with van der Waals surface area (Å²) in [6.45, 7) is 5.24. The molecule has 0 N–H and O–H groups in total. The SMILES string of the molecule is COc1ccc2c(c1)C(C(=O)N(c1ccc(CN(C)C)cc1)c1ccc(C(C)C)cc1)CCC2. The second-order valence-corrected chi connectivity index (χ2v) is 9.83. The van der Waals surface area contributed by atoms with Crippen LogP contribution >= 0.6 is 0 Å². The zero-order valence-corrected chi connectivity index (χ0v) is 21.0. The zero-order chi connectivity index (χ0) is 24.2. The van der Waals surface area contributed by atoms with Crippen LogP contribution in [0.4, 0.5) is 11.4 Å². The van der Waals surface area contributed by atoms with Crippen LogP contribution in [0, 0.1) is 0 Å². The van der Waals surface area contributed by atoms with Crippen molar-refractivity contribution >= 4 is 17.3 Å². The molecule has 1 atom stereocenters. The Balaban J connectivity index is 1.75. The third-order valence-electron chi connectivity index (χ3n) is 6.70. The molecule has 0 heterocycles. The van der Waals surface area contributed by atoms with Gasteiger partial charge in [-0.15, -0.1) is 0 Å². The lowest BCUT2D eigenvalue weighted by atomic mass is 9.81. The Morgan fingerprint density at radius 1 is 0.971 bits per heavy atom. The minimum atomic E-state index is -0.190. The number of amides is 1. The van der Waals surface area contributed by atoms with Gasteiger partial charge in [-0.2, -0.15) is 0 Å². The molecule has 0 aromatic heterocycles. The first-order chi connectivity index (χ1) is 16.4. The quantitative estimate of drug-likeness (QED) is 0.398. The van der Waals surface area contributed by atoms with Crippen LogP contribution in [0.2, 0.25) is 0 Å². The second kappa shape index (κ2) is 10.4. The lowest BCUT2D eigenvalue weighted by Crippen LogP contribution is -2.33. The smallest absolute Gasteiger partial charge is 0.239 e. The summed E-state index contributed by atoms with van der Waals surface area (Å²) in [5.74, 6) is 1.18. The Bertz CT molecular complexity index is 1120. The van der Waals surface area contributed by atoms with E-state index in [0.29, 0.717) is 5.92 Å². The van der Waals surface area contributed by atoms with Crippen LogP contribution in [0.1, 0.15) is 60.8 Å². The fourth-order valence-corrected chi connectivity index (χ4v) is 4.84. The molecule has 0 saturated carbocycles. The summed E-state index contributed by atoms with van der Waals surface area (Å²) < 4.78 is 5.49. The number of aryl methyl sites for hydroxylation is 1. The first-order valence-corrected chi connectivity index (χ1v) is 12.2. The summed E-state index contributed by atoms with van der Waals surface area (Å²) in [4.78, 5) is 18.3. The predicted octanol–water partition coefficient (Wildman–Crippen LogP) is 6.67. The van der Waals surface area contributed by atoms with E-state index in [4.69, 9.17) is 4.74 Å². The maximum absolute atomic E-state index is 14.2. The van der Waals surface area contributed by atoms with Crippen molar-refractivity contribution in [1.82, 2.24) is 4.90 Å². The van der Waals surface area contributed by atoms with Gasteiger partial charge in [0.15, 0.2) is 0 Å². The number of hydrogen-bond acceptors (Lipinski definition) is 3. The number of fused-ring (bicyclic) bond motifs is 1. The molecule has 0 fully saturated rings. The average Bonchev–Trinajstić information content (AvgIpc) is 2.84. The van der Waals surface area contributed by atoms with E-state index in [0.717, 1.165) is 48.5 Å². The first kappa shape index (κ1) is 24.0. The highest BCUT2D eigenvalue weighted by Crippen LogP contribution is 2.38. The Labute approximate surface area is 204 Å². The van der Waals surface area contributed by atoms with Crippen molar-refractivity contribution in [2.45, 2.75) is 51.5 Å². The molecule has 178 valence electrons. The molecule has 0 spiro atoms. The molecule has 3 aromatic rings. The normalized spacial score (nSPS) is 15.3. The lowest BCUT2D eigenvalue weighted by Gasteiger charge is -2.31. The van der Waals surface area contributed by atoms with Crippen LogP contribution in [0.25, 0.3) is 0 Å². The van der Waals surface area contributed by atoms with Crippen molar-refractivity contribution in [3.05, 3.63) is 89.0 Å². The number of carbonyl (C=O) groups is 1. The number of hydrogen-bond donors (Lipinski definition) is 0. The number of carbonyl (C=O) groups excluding carboxylic acids is 1. The molecule has 0 saturated heterocycles. The number of benzene rings is 3. The largest absolute Gasteiger partial charge is 0.497 e. The molecule has 1 unspecified atom stereocenters. The standard InChI is InChI=1S/C30H36N2O2/c1-21(2)23-11-16-26(17-12-23)32(25-14-9-22(10-15-25)20-31(3)4)30(33)28-8-6-7-24-13-18-27(34-5)19-29(24)28/h9-19,21,28H,6-8,20H2,1-5H3. The monoisotopic (exact) mass is 456 g/mol. The Morgan fingerprint density at radius 3 is 2.21 bits per heavy atom. The van der Waals surface area contributed by atoms with E-state index >= 15 is 0 Å².